The van der Waals surface area contributed by atoms with Crippen molar-refractivity contribution >= 4 is 5.97 Å². The molecule has 1 N–H and O–H groups in total. The molecule has 2 atom stereocenters. The van der Waals surface area contributed by atoms with E-state index < -0.39 is 11.4 Å². The van der Waals surface area contributed by atoms with Crippen LogP contribution in [0.1, 0.15) is 24.8 Å². The summed E-state index contributed by atoms with van der Waals surface area (Å²) in [4.78, 5) is 11.5. The fraction of sp³-hybridized carbons (Fsp3) is 0.667. The number of nitrogens with zero attached hydrogens (tertiary/aromatic N) is 2. The van der Waals surface area contributed by atoms with E-state index in [1.807, 2.05) is 13.2 Å². The number of aliphatic carboxylic acids is 1. The van der Waals surface area contributed by atoms with Crippen molar-refractivity contribution < 1.29 is 9.90 Å². The van der Waals surface area contributed by atoms with Crippen molar-refractivity contribution in [2.24, 2.45) is 24.3 Å². The van der Waals surface area contributed by atoms with E-state index in [2.05, 4.69) is 5.10 Å². The lowest BCUT2D eigenvalue weighted by Crippen LogP contribution is -2.31. The van der Waals surface area contributed by atoms with E-state index in [0.29, 0.717) is 18.3 Å². The number of hydrogen-bond donors (Lipinski definition) is 1. The lowest BCUT2D eigenvalue weighted by atomic mass is 9.78. The lowest BCUT2D eigenvalue weighted by Gasteiger charge is -2.25. The van der Waals surface area contributed by atoms with Gasteiger partial charge in [-0.2, -0.15) is 5.10 Å². The molecule has 4 nitrogen and oxygen atoms in total. The zero-order valence-electron chi connectivity index (χ0n) is 9.39. The summed E-state index contributed by atoms with van der Waals surface area (Å²) in [6.07, 6.45) is 7.33. The second-order valence-electron chi connectivity index (χ2n) is 5.45. The SMILES string of the molecule is Cn1cc(CC2(C(=O)O)CC3CC3C2)cn1. The molecule has 2 aliphatic rings. The van der Waals surface area contributed by atoms with Gasteiger partial charge in [-0.1, -0.05) is 0 Å². The van der Waals surface area contributed by atoms with Crippen LogP contribution in [-0.2, 0) is 18.3 Å². The van der Waals surface area contributed by atoms with Gasteiger partial charge in [0.2, 0.25) is 0 Å². The van der Waals surface area contributed by atoms with Crippen LogP contribution in [0.3, 0.4) is 0 Å². The van der Waals surface area contributed by atoms with Crippen molar-refractivity contribution in [2.75, 3.05) is 0 Å². The number of hydrogen-bond acceptors (Lipinski definition) is 2. The maximum Gasteiger partial charge on any atom is 0.309 e. The highest BCUT2D eigenvalue weighted by Crippen LogP contribution is 2.60. The summed E-state index contributed by atoms with van der Waals surface area (Å²) in [6.45, 7) is 0. The summed E-state index contributed by atoms with van der Waals surface area (Å²) in [5.74, 6) is 0.754. The van der Waals surface area contributed by atoms with Gasteiger partial charge >= 0.3 is 5.97 Å². The van der Waals surface area contributed by atoms with Crippen LogP contribution in [0.4, 0.5) is 0 Å². The first kappa shape index (κ1) is 9.87. The summed E-state index contributed by atoms with van der Waals surface area (Å²) in [5, 5.41) is 13.5. The van der Waals surface area contributed by atoms with Crippen LogP contribution in [0.15, 0.2) is 12.4 Å². The third-order valence-electron chi connectivity index (χ3n) is 4.13. The zero-order valence-corrected chi connectivity index (χ0v) is 9.39. The smallest absolute Gasteiger partial charge is 0.309 e. The monoisotopic (exact) mass is 220 g/mol. The van der Waals surface area contributed by atoms with Gasteiger partial charge in [0.25, 0.3) is 0 Å². The normalized spacial score (nSPS) is 36.1. The molecule has 86 valence electrons. The number of carbonyl (C=O) groups is 1. The summed E-state index contributed by atoms with van der Waals surface area (Å²) >= 11 is 0. The zero-order chi connectivity index (χ0) is 11.3. The third kappa shape index (κ3) is 1.44. The topological polar surface area (TPSA) is 55.1 Å². The minimum Gasteiger partial charge on any atom is -0.481 e. The Kier molecular flexibility index (Phi) is 1.91. The second-order valence-corrected chi connectivity index (χ2v) is 5.45. The number of aromatic nitrogens is 2. The van der Waals surface area contributed by atoms with E-state index >= 15 is 0 Å². The van der Waals surface area contributed by atoms with Gasteiger partial charge in [-0.25, -0.2) is 0 Å². The molecule has 0 bridgehead atoms. The molecule has 1 aromatic heterocycles. The van der Waals surface area contributed by atoms with Crippen LogP contribution in [0.2, 0.25) is 0 Å². The molecule has 0 aromatic carbocycles. The van der Waals surface area contributed by atoms with Gasteiger partial charge < -0.3 is 5.11 Å². The Morgan fingerprint density at radius 2 is 2.31 bits per heavy atom. The highest BCUT2D eigenvalue weighted by atomic mass is 16.4. The number of carboxylic acid groups (broad SMARTS) is 1. The average molecular weight is 220 g/mol. The first-order valence-corrected chi connectivity index (χ1v) is 5.80. The second kappa shape index (κ2) is 3.09. The molecule has 2 fully saturated rings. The highest BCUT2D eigenvalue weighted by Gasteiger charge is 2.57. The van der Waals surface area contributed by atoms with E-state index in [1.165, 1.54) is 6.42 Å². The van der Waals surface area contributed by atoms with Crippen molar-refractivity contribution in [3.05, 3.63) is 18.0 Å². The third-order valence-corrected chi connectivity index (χ3v) is 4.13. The first-order valence-electron chi connectivity index (χ1n) is 5.80. The van der Waals surface area contributed by atoms with Gasteiger partial charge in [-0.15, -0.1) is 0 Å². The van der Waals surface area contributed by atoms with Gasteiger partial charge in [-0.3, -0.25) is 9.48 Å². The van der Waals surface area contributed by atoms with Crippen LogP contribution in [0, 0.1) is 17.3 Å². The van der Waals surface area contributed by atoms with Crippen molar-refractivity contribution in [3.63, 3.8) is 0 Å². The number of fused-ring (bicyclic) bond motifs is 1. The van der Waals surface area contributed by atoms with Crippen molar-refractivity contribution in [3.8, 4) is 0 Å². The van der Waals surface area contributed by atoms with E-state index in [4.69, 9.17) is 0 Å². The Balaban J connectivity index is 1.82. The van der Waals surface area contributed by atoms with Gasteiger partial charge in [0.05, 0.1) is 11.6 Å². The maximum atomic E-state index is 11.5. The molecule has 2 aliphatic carbocycles. The molecule has 16 heavy (non-hydrogen) atoms. The molecule has 1 aromatic rings. The molecule has 4 heteroatoms. The minimum absolute atomic E-state index is 0.503. The van der Waals surface area contributed by atoms with Crippen LogP contribution in [0.25, 0.3) is 0 Å². The molecule has 0 aliphatic heterocycles. The summed E-state index contributed by atoms with van der Waals surface area (Å²) in [6, 6.07) is 0. The van der Waals surface area contributed by atoms with Crippen molar-refractivity contribution in [1.82, 2.24) is 9.78 Å². The van der Waals surface area contributed by atoms with Crippen LogP contribution in [-0.4, -0.2) is 20.9 Å². The maximum absolute atomic E-state index is 11.5. The Morgan fingerprint density at radius 1 is 1.62 bits per heavy atom. The van der Waals surface area contributed by atoms with Crippen LogP contribution in [0.5, 0.6) is 0 Å². The van der Waals surface area contributed by atoms with E-state index in [1.54, 1.807) is 10.9 Å². The average Bonchev–Trinajstić information content (AvgIpc) is 2.65. The van der Waals surface area contributed by atoms with E-state index in [0.717, 1.165) is 18.4 Å². The molecular formula is C12H16N2O2. The van der Waals surface area contributed by atoms with Gasteiger partial charge in [0, 0.05) is 13.2 Å². The Hall–Kier alpha value is -1.32. The standard InChI is InChI=1S/C12H16N2O2/c1-14-7-8(6-13-14)3-12(11(15)16)4-9-2-10(9)5-12/h6-7,9-10H,2-5H2,1H3,(H,15,16). The van der Waals surface area contributed by atoms with Crippen molar-refractivity contribution in [2.45, 2.75) is 25.7 Å². The summed E-state index contributed by atoms with van der Waals surface area (Å²) < 4.78 is 1.74. The van der Waals surface area contributed by atoms with Gasteiger partial charge in [0.15, 0.2) is 0 Å². The minimum atomic E-state index is -0.622. The quantitative estimate of drug-likeness (QED) is 0.839. The first-order chi connectivity index (χ1) is 7.59. The Bertz CT molecular complexity index is 428. The molecular weight excluding hydrogens is 204 g/mol. The molecule has 2 saturated carbocycles. The van der Waals surface area contributed by atoms with E-state index in [-0.39, 0.29) is 0 Å². The van der Waals surface area contributed by atoms with Crippen LogP contribution < -0.4 is 0 Å². The van der Waals surface area contributed by atoms with Crippen LogP contribution >= 0.6 is 0 Å². The molecule has 0 spiro atoms. The largest absolute Gasteiger partial charge is 0.481 e. The summed E-state index contributed by atoms with van der Waals surface area (Å²) in [7, 11) is 1.86. The Labute approximate surface area is 94.3 Å². The summed E-state index contributed by atoms with van der Waals surface area (Å²) in [5.41, 5.74) is 0.544. The van der Waals surface area contributed by atoms with Gasteiger partial charge in [0.1, 0.15) is 0 Å². The molecule has 0 radical (unpaired) electrons. The molecule has 3 rings (SSSR count). The number of aryl methyl sites for hydroxylation is 1. The highest BCUT2D eigenvalue weighted by molar-refractivity contribution is 5.76. The predicted octanol–water partition coefficient (Wildman–Crippen LogP) is 1.46. The number of carboxylic acids is 1. The fourth-order valence-corrected chi connectivity index (χ4v) is 3.25. The molecule has 0 saturated heterocycles. The van der Waals surface area contributed by atoms with Gasteiger partial charge in [-0.05, 0) is 43.1 Å². The predicted molar refractivity (Wildman–Crippen MR) is 57.8 cm³/mol. The molecule has 0 amide bonds. The fourth-order valence-electron chi connectivity index (χ4n) is 3.25. The van der Waals surface area contributed by atoms with E-state index in [9.17, 15) is 9.90 Å². The number of rotatable bonds is 3. The lowest BCUT2D eigenvalue weighted by molar-refractivity contribution is -0.149. The molecule has 2 unspecified atom stereocenters. The Morgan fingerprint density at radius 3 is 2.81 bits per heavy atom. The van der Waals surface area contributed by atoms with Crippen molar-refractivity contribution in [1.29, 1.82) is 0 Å². The molecule has 1 heterocycles.